The molecule has 2 nitrogen and oxygen atoms in total. The van der Waals surface area contributed by atoms with Gasteiger partial charge < -0.3 is 0 Å². The molecular formula is C15H21NO. The Labute approximate surface area is 104 Å². The van der Waals surface area contributed by atoms with Gasteiger partial charge in [0, 0.05) is 18.5 Å². The van der Waals surface area contributed by atoms with Crippen molar-refractivity contribution in [3.8, 4) is 0 Å². The largest absolute Gasteiger partial charge is 0.297 e. The maximum atomic E-state index is 12.4. The van der Waals surface area contributed by atoms with Crippen molar-refractivity contribution in [3.63, 3.8) is 0 Å². The Kier molecular flexibility index (Phi) is 3.34. The Morgan fingerprint density at radius 1 is 1.24 bits per heavy atom. The second-order valence-corrected chi connectivity index (χ2v) is 5.42. The minimum Gasteiger partial charge on any atom is -0.297 e. The quantitative estimate of drug-likeness (QED) is 0.796. The molecule has 17 heavy (non-hydrogen) atoms. The molecule has 2 rings (SSSR count). The lowest BCUT2D eigenvalue weighted by Gasteiger charge is -2.28. The van der Waals surface area contributed by atoms with Gasteiger partial charge in [-0.25, -0.2) is 0 Å². The number of ketones is 1. The third-order valence-electron chi connectivity index (χ3n) is 3.54. The van der Waals surface area contributed by atoms with Crippen LogP contribution in [0.25, 0.3) is 0 Å². The molecule has 1 aliphatic rings. The fraction of sp³-hybridized carbons (Fsp3) is 0.533. The summed E-state index contributed by atoms with van der Waals surface area (Å²) >= 11 is 0. The summed E-state index contributed by atoms with van der Waals surface area (Å²) in [7, 11) is 0. The molecule has 0 N–H and O–H groups in total. The number of benzene rings is 1. The SMILES string of the molecule is CC(C)C(=O)C1c2ccccc2CN1C(C)C. The van der Waals surface area contributed by atoms with E-state index in [1.807, 2.05) is 19.9 Å². The van der Waals surface area contributed by atoms with Crippen molar-refractivity contribution in [3.05, 3.63) is 35.4 Å². The summed E-state index contributed by atoms with van der Waals surface area (Å²) in [4.78, 5) is 14.7. The van der Waals surface area contributed by atoms with E-state index in [-0.39, 0.29) is 12.0 Å². The van der Waals surface area contributed by atoms with E-state index in [0.29, 0.717) is 11.8 Å². The standard InChI is InChI=1S/C15H21NO/c1-10(2)15(17)14-13-8-6-5-7-12(13)9-16(14)11(3)4/h5-8,10-11,14H,9H2,1-4H3. The molecule has 0 saturated heterocycles. The molecule has 1 unspecified atom stereocenters. The van der Waals surface area contributed by atoms with Gasteiger partial charge in [-0.05, 0) is 25.0 Å². The normalized spacial score (nSPS) is 20.0. The summed E-state index contributed by atoms with van der Waals surface area (Å²) in [6, 6.07) is 8.69. The summed E-state index contributed by atoms with van der Waals surface area (Å²) in [6.07, 6.45) is 0. The van der Waals surface area contributed by atoms with E-state index in [1.54, 1.807) is 0 Å². The van der Waals surface area contributed by atoms with E-state index >= 15 is 0 Å². The van der Waals surface area contributed by atoms with Crippen molar-refractivity contribution in [2.75, 3.05) is 0 Å². The van der Waals surface area contributed by atoms with Crippen LogP contribution in [0.1, 0.15) is 44.9 Å². The average Bonchev–Trinajstić information content (AvgIpc) is 2.67. The zero-order valence-electron chi connectivity index (χ0n) is 11.1. The second kappa shape index (κ2) is 4.61. The van der Waals surface area contributed by atoms with Gasteiger partial charge in [-0.3, -0.25) is 9.69 Å². The van der Waals surface area contributed by atoms with Crippen LogP contribution in [0, 0.1) is 5.92 Å². The van der Waals surface area contributed by atoms with Crippen LogP contribution < -0.4 is 0 Å². The molecule has 1 aliphatic heterocycles. The molecule has 0 aliphatic carbocycles. The lowest BCUT2D eigenvalue weighted by Crippen LogP contribution is -2.35. The first-order chi connectivity index (χ1) is 8.02. The van der Waals surface area contributed by atoms with E-state index in [4.69, 9.17) is 0 Å². The number of fused-ring (bicyclic) bond motifs is 1. The molecule has 0 saturated carbocycles. The highest BCUT2D eigenvalue weighted by Crippen LogP contribution is 2.36. The summed E-state index contributed by atoms with van der Waals surface area (Å²) in [5, 5.41) is 0. The summed E-state index contributed by atoms with van der Waals surface area (Å²) < 4.78 is 0. The van der Waals surface area contributed by atoms with Gasteiger partial charge in [0.15, 0.2) is 5.78 Å². The fourth-order valence-corrected chi connectivity index (χ4v) is 2.52. The summed E-state index contributed by atoms with van der Waals surface area (Å²) in [5.41, 5.74) is 2.51. The van der Waals surface area contributed by atoms with Crippen molar-refractivity contribution < 1.29 is 4.79 Å². The molecule has 0 radical (unpaired) electrons. The Bertz CT molecular complexity index is 423. The van der Waals surface area contributed by atoms with Crippen LogP contribution in [0.2, 0.25) is 0 Å². The van der Waals surface area contributed by atoms with Crippen LogP contribution >= 0.6 is 0 Å². The molecule has 1 aromatic carbocycles. The number of carbonyl (C=O) groups excluding carboxylic acids is 1. The van der Waals surface area contributed by atoms with Crippen LogP contribution in [0.5, 0.6) is 0 Å². The van der Waals surface area contributed by atoms with Crippen molar-refractivity contribution in [2.24, 2.45) is 5.92 Å². The second-order valence-electron chi connectivity index (χ2n) is 5.42. The van der Waals surface area contributed by atoms with Crippen molar-refractivity contribution >= 4 is 5.78 Å². The third kappa shape index (κ3) is 2.14. The lowest BCUT2D eigenvalue weighted by molar-refractivity contribution is -0.127. The number of hydrogen-bond acceptors (Lipinski definition) is 2. The highest BCUT2D eigenvalue weighted by molar-refractivity contribution is 5.88. The zero-order valence-corrected chi connectivity index (χ0v) is 11.1. The van der Waals surface area contributed by atoms with Crippen LogP contribution in [0.15, 0.2) is 24.3 Å². The van der Waals surface area contributed by atoms with E-state index in [9.17, 15) is 4.79 Å². The Balaban J connectivity index is 2.40. The molecule has 1 atom stereocenters. The van der Waals surface area contributed by atoms with Gasteiger partial charge in [0.25, 0.3) is 0 Å². The molecule has 0 fully saturated rings. The first kappa shape index (κ1) is 12.3. The molecule has 92 valence electrons. The van der Waals surface area contributed by atoms with Crippen LogP contribution in [0.4, 0.5) is 0 Å². The number of carbonyl (C=O) groups is 1. The smallest absolute Gasteiger partial charge is 0.157 e. The predicted molar refractivity (Wildman–Crippen MR) is 69.7 cm³/mol. The minimum atomic E-state index is -0.0359. The predicted octanol–water partition coefficient (Wildman–Crippen LogP) is 3.18. The average molecular weight is 231 g/mol. The topological polar surface area (TPSA) is 20.3 Å². The van der Waals surface area contributed by atoms with Gasteiger partial charge in [0.2, 0.25) is 0 Å². The third-order valence-corrected chi connectivity index (χ3v) is 3.54. The molecule has 0 aromatic heterocycles. The Hall–Kier alpha value is -1.15. The van der Waals surface area contributed by atoms with Crippen LogP contribution in [-0.4, -0.2) is 16.7 Å². The molecule has 1 aromatic rings. The van der Waals surface area contributed by atoms with Crippen molar-refractivity contribution in [2.45, 2.75) is 46.3 Å². The monoisotopic (exact) mass is 231 g/mol. The highest BCUT2D eigenvalue weighted by Gasteiger charge is 2.37. The molecule has 0 amide bonds. The van der Waals surface area contributed by atoms with Gasteiger partial charge in [-0.1, -0.05) is 38.1 Å². The number of nitrogens with zero attached hydrogens (tertiary/aromatic N) is 1. The summed E-state index contributed by atoms with van der Waals surface area (Å²) in [5.74, 6) is 0.427. The van der Waals surface area contributed by atoms with Crippen molar-refractivity contribution in [1.29, 1.82) is 0 Å². The lowest BCUT2D eigenvalue weighted by atomic mass is 9.94. The number of Topliss-reactive ketones (excluding diaryl/α,β-unsaturated/α-hetero) is 1. The minimum absolute atomic E-state index is 0.0359. The number of rotatable bonds is 3. The first-order valence-corrected chi connectivity index (χ1v) is 6.39. The molecule has 0 spiro atoms. The van der Waals surface area contributed by atoms with Crippen molar-refractivity contribution in [1.82, 2.24) is 4.90 Å². The molecular weight excluding hydrogens is 210 g/mol. The Morgan fingerprint density at radius 3 is 2.47 bits per heavy atom. The van der Waals surface area contributed by atoms with Crippen LogP contribution in [0.3, 0.4) is 0 Å². The summed E-state index contributed by atoms with van der Waals surface area (Å²) in [6.45, 7) is 9.19. The molecule has 1 heterocycles. The fourth-order valence-electron chi connectivity index (χ4n) is 2.52. The van der Waals surface area contributed by atoms with Gasteiger partial charge in [0.1, 0.15) is 0 Å². The van der Waals surface area contributed by atoms with E-state index in [0.717, 1.165) is 6.54 Å². The van der Waals surface area contributed by atoms with E-state index in [2.05, 4.69) is 36.9 Å². The highest BCUT2D eigenvalue weighted by atomic mass is 16.1. The first-order valence-electron chi connectivity index (χ1n) is 6.39. The van der Waals surface area contributed by atoms with Crippen LogP contribution in [-0.2, 0) is 11.3 Å². The Morgan fingerprint density at radius 2 is 1.88 bits per heavy atom. The zero-order chi connectivity index (χ0) is 12.6. The number of hydrogen-bond donors (Lipinski definition) is 0. The maximum absolute atomic E-state index is 12.4. The van der Waals surface area contributed by atoms with Gasteiger partial charge in [-0.2, -0.15) is 0 Å². The van der Waals surface area contributed by atoms with Gasteiger partial charge in [0.05, 0.1) is 6.04 Å². The maximum Gasteiger partial charge on any atom is 0.157 e. The molecule has 0 bridgehead atoms. The van der Waals surface area contributed by atoms with E-state index < -0.39 is 0 Å². The van der Waals surface area contributed by atoms with E-state index in [1.165, 1.54) is 11.1 Å². The molecule has 2 heteroatoms. The van der Waals surface area contributed by atoms with Gasteiger partial charge >= 0.3 is 0 Å². The van der Waals surface area contributed by atoms with Gasteiger partial charge in [-0.15, -0.1) is 0 Å².